The van der Waals surface area contributed by atoms with Crippen molar-refractivity contribution in [2.75, 3.05) is 18.7 Å². The van der Waals surface area contributed by atoms with Gasteiger partial charge in [0.05, 0.1) is 0 Å². The molecule has 104 valence electrons. The standard InChI is InChI=1S/C14H20N2O3/c1-14(2,15)7-6-13(17)16(3)10-4-5-11-12(8-10)19-9-18-11/h4-5,8H,6-7,9,15H2,1-3H3. The van der Waals surface area contributed by atoms with Gasteiger partial charge in [-0.1, -0.05) is 0 Å². The fraction of sp³-hybridized carbons (Fsp3) is 0.500. The third kappa shape index (κ3) is 3.38. The van der Waals surface area contributed by atoms with Crippen LogP contribution in [-0.4, -0.2) is 25.3 Å². The van der Waals surface area contributed by atoms with Gasteiger partial charge in [-0.25, -0.2) is 0 Å². The van der Waals surface area contributed by atoms with Crippen molar-refractivity contribution in [3.05, 3.63) is 18.2 Å². The predicted molar refractivity (Wildman–Crippen MR) is 73.5 cm³/mol. The maximum atomic E-state index is 12.1. The molecule has 5 nitrogen and oxygen atoms in total. The zero-order valence-electron chi connectivity index (χ0n) is 11.6. The van der Waals surface area contributed by atoms with E-state index in [1.807, 2.05) is 32.0 Å². The number of ether oxygens (including phenoxy) is 2. The molecule has 2 rings (SSSR count). The van der Waals surface area contributed by atoms with Crippen molar-refractivity contribution in [3.8, 4) is 11.5 Å². The Labute approximate surface area is 113 Å². The first-order chi connectivity index (χ1) is 8.87. The van der Waals surface area contributed by atoms with Gasteiger partial charge in [-0.15, -0.1) is 0 Å². The Bertz CT molecular complexity index is 480. The lowest BCUT2D eigenvalue weighted by atomic mass is 10.00. The third-order valence-electron chi connectivity index (χ3n) is 3.10. The number of benzene rings is 1. The molecule has 0 radical (unpaired) electrons. The topological polar surface area (TPSA) is 64.8 Å². The van der Waals surface area contributed by atoms with Crippen LogP contribution < -0.4 is 20.1 Å². The molecule has 0 saturated heterocycles. The summed E-state index contributed by atoms with van der Waals surface area (Å²) in [5, 5.41) is 0. The molecular weight excluding hydrogens is 244 g/mol. The van der Waals surface area contributed by atoms with E-state index in [9.17, 15) is 4.79 Å². The molecule has 1 aromatic carbocycles. The number of rotatable bonds is 4. The molecule has 1 heterocycles. The number of anilines is 1. The van der Waals surface area contributed by atoms with Gasteiger partial charge in [0.2, 0.25) is 12.7 Å². The van der Waals surface area contributed by atoms with Crippen LogP contribution in [-0.2, 0) is 4.79 Å². The van der Waals surface area contributed by atoms with E-state index in [1.54, 1.807) is 11.9 Å². The summed E-state index contributed by atoms with van der Waals surface area (Å²) in [5.74, 6) is 1.43. The molecule has 1 aliphatic heterocycles. The quantitative estimate of drug-likeness (QED) is 0.902. The molecule has 0 fully saturated rings. The summed E-state index contributed by atoms with van der Waals surface area (Å²) in [6.07, 6.45) is 1.08. The molecule has 0 bridgehead atoms. The number of amides is 1. The van der Waals surface area contributed by atoms with Crippen molar-refractivity contribution in [2.24, 2.45) is 5.73 Å². The molecule has 2 N–H and O–H groups in total. The first kappa shape index (κ1) is 13.7. The zero-order chi connectivity index (χ0) is 14.0. The molecule has 1 aliphatic rings. The fourth-order valence-electron chi connectivity index (χ4n) is 1.83. The molecule has 0 aliphatic carbocycles. The summed E-state index contributed by atoms with van der Waals surface area (Å²) in [6, 6.07) is 5.47. The van der Waals surface area contributed by atoms with E-state index in [-0.39, 0.29) is 18.2 Å². The Morgan fingerprint density at radius 3 is 2.74 bits per heavy atom. The van der Waals surface area contributed by atoms with E-state index in [0.29, 0.717) is 24.3 Å². The number of hydrogen-bond acceptors (Lipinski definition) is 4. The average Bonchev–Trinajstić information content (AvgIpc) is 2.81. The highest BCUT2D eigenvalue weighted by Crippen LogP contribution is 2.35. The Balaban J connectivity index is 2.03. The second-order valence-corrected chi connectivity index (χ2v) is 5.48. The summed E-state index contributed by atoms with van der Waals surface area (Å²) in [5.41, 5.74) is 6.36. The van der Waals surface area contributed by atoms with Crippen molar-refractivity contribution < 1.29 is 14.3 Å². The number of nitrogens with zero attached hydrogens (tertiary/aromatic N) is 1. The highest BCUT2D eigenvalue weighted by atomic mass is 16.7. The molecule has 1 amide bonds. The summed E-state index contributed by atoms with van der Waals surface area (Å²) in [6.45, 7) is 4.07. The summed E-state index contributed by atoms with van der Waals surface area (Å²) >= 11 is 0. The van der Waals surface area contributed by atoms with Crippen LogP contribution in [0.2, 0.25) is 0 Å². The number of carbonyl (C=O) groups excluding carboxylic acids is 1. The van der Waals surface area contributed by atoms with E-state index in [1.165, 1.54) is 0 Å². The Kier molecular flexibility index (Phi) is 3.66. The van der Waals surface area contributed by atoms with Crippen LogP contribution in [0.1, 0.15) is 26.7 Å². The van der Waals surface area contributed by atoms with Gasteiger partial charge in [0.15, 0.2) is 11.5 Å². The van der Waals surface area contributed by atoms with Crippen LogP contribution in [0, 0.1) is 0 Å². The van der Waals surface area contributed by atoms with Crippen LogP contribution in [0.25, 0.3) is 0 Å². The minimum atomic E-state index is -0.328. The lowest BCUT2D eigenvalue weighted by molar-refractivity contribution is -0.118. The van der Waals surface area contributed by atoms with E-state index in [4.69, 9.17) is 15.2 Å². The summed E-state index contributed by atoms with van der Waals surface area (Å²) in [4.78, 5) is 13.7. The number of nitrogens with two attached hydrogens (primary N) is 1. The van der Waals surface area contributed by atoms with E-state index >= 15 is 0 Å². The monoisotopic (exact) mass is 264 g/mol. The maximum Gasteiger partial charge on any atom is 0.231 e. The van der Waals surface area contributed by atoms with Gasteiger partial charge in [-0.3, -0.25) is 4.79 Å². The minimum Gasteiger partial charge on any atom is -0.454 e. The van der Waals surface area contributed by atoms with Gasteiger partial charge in [0, 0.05) is 30.8 Å². The molecule has 0 aromatic heterocycles. The molecule has 0 atom stereocenters. The highest BCUT2D eigenvalue weighted by Gasteiger charge is 2.19. The van der Waals surface area contributed by atoms with Crippen LogP contribution in [0.15, 0.2) is 18.2 Å². The smallest absolute Gasteiger partial charge is 0.231 e. The van der Waals surface area contributed by atoms with Gasteiger partial charge in [-0.2, -0.15) is 0 Å². The lowest BCUT2D eigenvalue weighted by Gasteiger charge is -2.21. The molecule has 19 heavy (non-hydrogen) atoms. The SMILES string of the molecule is CN(C(=O)CCC(C)(C)N)c1ccc2c(c1)OCO2. The van der Waals surface area contributed by atoms with E-state index in [0.717, 1.165) is 5.69 Å². The zero-order valence-corrected chi connectivity index (χ0v) is 11.6. The molecule has 0 unspecified atom stereocenters. The minimum absolute atomic E-state index is 0.0393. The van der Waals surface area contributed by atoms with Gasteiger partial charge < -0.3 is 20.1 Å². The van der Waals surface area contributed by atoms with Crippen LogP contribution in [0.4, 0.5) is 5.69 Å². The largest absolute Gasteiger partial charge is 0.454 e. The van der Waals surface area contributed by atoms with Gasteiger partial charge >= 0.3 is 0 Å². The highest BCUT2D eigenvalue weighted by molar-refractivity contribution is 5.93. The van der Waals surface area contributed by atoms with Crippen LogP contribution in [0.5, 0.6) is 11.5 Å². The summed E-state index contributed by atoms with van der Waals surface area (Å²) in [7, 11) is 1.75. The average molecular weight is 264 g/mol. The molecule has 0 saturated carbocycles. The van der Waals surface area contributed by atoms with Crippen molar-refractivity contribution in [2.45, 2.75) is 32.2 Å². The second-order valence-electron chi connectivity index (χ2n) is 5.48. The summed E-state index contributed by atoms with van der Waals surface area (Å²) < 4.78 is 10.5. The van der Waals surface area contributed by atoms with Gasteiger partial charge in [0.1, 0.15) is 0 Å². The fourth-order valence-corrected chi connectivity index (χ4v) is 1.83. The normalized spacial score (nSPS) is 13.5. The molecule has 5 heteroatoms. The van der Waals surface area contributed by atoms with Crippen LogP contribution >= 0.6 is 0 Å². The van der Waals surface area contributed by atoms with Crippen molar-refractivity contribution in [1.82, 2.24) is 0 Å². The molecule has 1 aromatic rings. The first-order valence-corrected chi connectivity index (χ1v) is 6.32. The van der Waals surface area contributed by atoms with Crippen molar-refractivity contribution in [1.29, 1.82) is 0 Å². The maximum absolute atomic E-state index is 12.1. The number of fused-ring (bicyclic) bond motifs is 1. The molecular formula is C14H20N2O3. The lowest BCUT2D eigenvalue weighted by Crippen LogP contribution is -2.35. The Morgan fingerprint density at radius 1 is 1.37 bits per heavy atom. The third-order valence-corrected chi connectivity index (χ3v) is 3.10. The Morgan fingerprint density at radius 2 is 2.05 bits per heavy atom. The first-order valence-electron chi connectivity index (χ1n) is 6.32. The number of carbonyl (C=O) groups is 1. The number of hydrogen-bond donors (Lipinski definition) is 1. The van der Waals surface area contributed by atoms with Gasteiger partial charge in [0.25, 0.3) is 0 Å². The van der Waals surface area contributed by atoms with Crippen molar-refractivity contribution in [3.63, 3.8) is 0 Å². The second kappa shape index (κ2) is 5.09. The van der Waals surface area contributed by atoms with Gasteiger partial charge in [-0.05, 0) is 32.4 Å². The predicted octanol–water partition coefficient (Wildman–Crippen LogP) is 1.90. The van der Waals surface area contributed by atoms with Crippen LogP contribution in [0.3, 0.4) is 0 Å². The van der Waals surface area contributed by atoms with E-state index in [2.05, 4.69) is 0 Å². The Hall–Kier alpha value is -1.75. The van der Waals surface area contributed by atoms with Crippen molar-refractivity contribution >= 4 is 11.6 Å². The van der Waals surface area contributed by atoms with E-state index < -0.39 is 0 Å². The molecule has 0 spiro atoms.